The van der Waals surface area contributed by atoms with Crippen LogP contribution in [0.5, 0.6) is 0 Å². The number of aryl methyl sites for hydroxylation is 1. The molecule has 178 valence electrons. The first-order chi connectivity index (χ1) is 15.0. The molecule has 1 aliphatic heterocycles. The van der Waals surface area contributed by atoms with E-state index >= 15 is 0 Å². The Labute approximate surface area is 185 Å². The molecule has 0 saturated heterocycles. The van der Waals surface area contributed by atoms with Gasteiger partial charge in [0.05, 0.1) is 5.69 Å². The van der Waals surface area contributed by atoms with Gasteiger partial charge in [0.1, 0.15) is 0 Å². The summed E-state index contributed by atoms with van der Waals surface area (Å²) in [5.74, 6) is 1.35. The van der Waals surface area contributed by atoms with Crippen LogP contribution in [0.3, 0.4) is 0 Å². The van der Waals surface area contributed by atoms with Crippen molar-refractivity contribution in [3.05, 3.63) is 36.5 Å². The number of alkyl halides is 3. The van der Waals surface area contributed by atoms with Gasteiger partial charge in [-0.15, -0.1) is 24.3 Å². The van der Waals surface area contributed by atoms with Gasteiger partial charge in [0.2, 0.25) is 0 Å². The average molecular weight is 476 g/mol. The summed E-state index contributed by atoms with van der Waals surface area (Å²) in [6, 6.07) is 2.98. The van der Waals surface area contributed by atoms with E-state index in [-0.39, 0.29) is 17.3 Å². The maximum Gasteiger partial charge on any atom is 0.483 e. The second-order valence-electron chi connectivity index (χ2n) is 7.06. The molecule has 0 fully saturated rings. The number of nitrogens with two attached hydrogens (primary N) is 2. The SMILES string of the molecule is [CH2-][NH2+]c1nc(N=Nc2cc3c(cc2[N-]S(O)(O)C(F)(F)F)N(CC)CCC3)n(C)c1[NH2+][CH2-]. The van der Waals surface area contributed by atoms with Crippen LogP contribution in [0.1, 0.15) is 18.9 Å². The molecule has 0 amide bonds. The molecular formula is C18H26F3N8O2S-. The third-order valence-electron chi connectivity index (χ3n) is 5.09. The molecule has 0 unspecified atom stereocenters. The van der Waals surface area contributed by atoms with E-state index in [1.807, 2.05) is 11.8 Å². The van der Waals surface area contributed by atoms with E-state index in [0.717, 1.165) is 18.5 Å². The Morgan fingerprint density at radius 2 is 1.97 bits per heavy atom. The summed E-state index contributed by atoms with van der Waals surface area (Å²) in [4.78, 5) is 6.26. The molecule has 0 bridgehead atoms. The fourth-order valence-corrected chi connectivity index (χ4v) is 3.98. The van der Waals surface area contributed by atoms with Gasteiger partial charge >= 0.3 is 5.51 Å². The quantitative estimate of drug-likeness (QED) is 0.358. The predicted molar refractivity (Wildman–Crippen MR) is 116 cm³/mol. The van der Waals surface area contributed by atoms with Gasteiger partial charge in [-0.05, 0) is 31.4 Å². The molecule has 32 heavy (non-hydrogen) atoms. The molecule has 0 atom stereocenters. The lowest BCUT2D eigenvalue weighted by Crippen LogP contribution is -2.77. The number of imidazole rings is 1. The van der Waals surface area contributed by atoms with E-state index < -0.39 is 16.3 Å². The lowest BCUT2D eigenvalue weighted by Gasteiger charge is -2.47. The van der Waals surface area contributed by atoms with Crippen LogP contribution in [0.25, 0.3) is 4.72 Å². The van der Waals surface area contributed by atoms with Crippen LogP contribution in [0.15, 0.2) is 22.4 Å². The highest BCUT2D eigenvalue weighted by Gasteiger charge is 2.39. The third-order valence-corrected chi connectivity index (χ3v) is 6.16. The molecule has 0 aliphatic carbocycles. The van der Waals surface area contributed by atoms with Gasteiger partial charge in [0.25, 0.3) is 17.6 Å². The van der Waals surface area contributed by atoms with E-state index in [0.29, 0.717) is 30.3 Å². The molecule has 0 saturated carbocycles. The summed E-state index contributed by atoms with van der Waals surface area (Å²) >= 11 is 0. The molecule has 2 heterocycles. The zero-order chi connectivity index (χ0) is 23.7. The minimum Gasteiger partial charge on any atom is -0.570 e. The average Bonchev–Trinajstić information content (AvgIpc) is 3.05. The second-order valence-corrected chi connectivity index (χ2v) is 8.74. The number of azo groups is 1. The second kappa shape index (κ2) is 9.23. The number of aromatic nitrogens is 2. The number of rotatable bonds is 7. The number of halogens is 3. The highest BCUT2D eigenvalue weighted by molar-refractivity contribution is 8.27. The van der Waals surface area contributed by atoms with Crippen LogP contribution < -0.4 is 15.5 Å². The van der Waals surface area contributed by atoms with Crippen molar-refractivity contribution in [1.82, 2.24) is 9.55 Å². The van der Waals surface area contributed by atoms with Crippen molar-refractivity contribution in [1.29, 1.82) is 0 Å². The molecule has 6 N–H and O–H groups in total. The smallest absolute Gasteiger partial charge is 0.483 e. The van der Waals surface area contributed by atoms with Gasteiger partial charge in [-0.1, -0.05) is 11.8 Å². The first-order valence-corrected chi connectivity index (χ1v) is 11.3. The standard InChI is InChI=1S/C18H26F3N8O2S/c1-5-29-8-6-7-11-9-12(13(10-14(11)29)27-32(30,31)18(19,20)21)25-26-17-24-15(22-2)16(23-3)28(17)4/h9-10,30-31H,2-3,5-8,22-23H2,1,4H3/q-1. The molecule has 14 heteroatoms. The van der Waals surface area contributed by atoms with Crippen molar-refractivity contribution < 1.29 is 32.9 Å². The Morgan fingerprint density at radius 1 is 1.25 bits per heavy atom. The van der Waals surface area contributed by atoms with Crippen molar-refractivity contribution >= 4 is 45.4 Å². The Bertz CT molecular complexity index is 1010. The Hall–Kier alpha value is -2.39. The summed E-state index contributed by atoms with van der Waals surface area (Å²) in [7, 11) is 3.81. The zero-order valence-electron chi connectivity index (χ0n) is 17.7. The van der Waals surface area contributed by atoms with Gasteiger partial charge < -0.3 is 29.4 Å². The zero-order valence-corrected chi connectivity index (χ0v) is 18.5. The van der Waals surface area contributed by atoms with E-state index in [1.54, 1.807) is 23.0 Å². The van der Waals surface area contributed by atoms with Crippen LogP contribution in [0.4, 0.5) is 47.8 Å². The topological polar surface area (TPSA) is 134 Å². The lowest BCUT2D eigenvalue weighted by molar-refractivity contribution is -0.547. The van der Waals surface area contributed by atoms with E-state index in [1.165, 1.54) is 11.4 Å². The van der Waals surface area contributed by atoms with Gasteiger partial charge in [0.15, 0.2) is 0 Å². The van der Waals surface area contributed by atoms with Crippen molar-refractivity contribution in [2.45, 2.75) is 25.3 Å². The Kier molecular flexibility index (Phi) is 7.00. The largest absolute Gasteiger partial charge is 0.570 e. The highest BCUT2D eigenvalue weighted by atomic mass is 32.3. The number of quaternary nitrogens is 2. The van der Waals surface area contributed by atoms with Crippen molar-refractivity contribution in [2.75, 3.05) is 18.0 Å². The van der Waals surface area contributed by atoms with E-state index in [9.17, 15) is 22.3 Å². The number of nitrogens with zero attached hydrogens (tertiary/aromatic N) is 6. The van der Waals surface area contributed by atoms with Crippen LogP contribution in [0.2, 0.25) is 0 Å². The maximum absolute atomic E-state index is 13.1. The fraction of sp³-hybridized carbons (Fsp3) is 0.389. The molecule has 10 nitrogen and oxygen atoms in total. The normalized spacial score (nSPS) is 15.3. The van der Waals surface area contributed by atoms with E-state index in [2.05, 4.69) is 34.0 Å². The first kappa shape index (κ1) is 24.3. The summed E-state index contributed by atoms with van der Waals surface area (Å²) in [6.45, 7) is 3.31. The third kappa shape index (κ3) is 4.68. The van der Waals surface area contributed by atoms with Crippen LogP contribution >= 0.6 is 10.8 Å². The van der Waals surface area contributed by atoms with Crippen LogP contribution in [-0.4, -0.2) is 37.3 Å². The van der Waals surface area contributed by atoms with Gasteiger partial charge in [-0.2, -0.15) is 28.9 Å². The summed E-state index contributed by atoms with van der Waals surface area (Å²) < 4.78 is 63.4. The minimum atomic E-state index is -5.31. The van der Waals surface area contributed by atoms with Crippen molar-refractivity contribution in [2.24, 2.45) is 17.3 Å². The lowest BCUT2D eigenvalue weighted by atomic mass is 10.0. The molecule has 1 aromatic carbocycles. The highest BCUT2D eigenvalue weighted by Crippen LogP contribution is 2.64. The predicted octanol–water partition coefficient (Wildman–Crippen LogP) is 3.77. The van der Waals surface area contributed by atoms with Crippen molar-refractivity contribution in [3.8, 4) is 0 Å². The monoisotopic (exact) mass is 475 g/mol. The first-order valence-electron chi connectivity index (χ1n) is 9.75. The number of anilines is 1. The van der Waals surface area contributed by atoms with Gasteiger partial charge in [-0.3, -0.25) is 4.57 Å². The molecule has 0 radical (unpaired) electrons. The molecule has 1 aliphatic rings. The number of hydrogen-bond donors (Lipinski definition) is 4. The minimum absolute atomic E-state index is 0.0192. The maximum atomic E-state index is 13.1. The molecule has 3 rings (SSSR count). The number of hydrogen-bond acceptors (Lipinski definition) is 6. The van der Waals surface area contributed by atoms with Gasteiger partial charge in [0, 0.05) is 25.8 Å². The van der Waals surface area contributed by atoms with Crippen LogP contribution in [0, 0.1) is 14.1 Å². The molecule has 2 aromatic rings. The summed E-state index contributed by atoms with van der Waals surface area (Å²) in [6.07, 6.45) is 1.57. The number of benzene rings is 1. The summed E-state index contributed by atoms with van der Waals surface area (Å²) in [5.41, 5.74) is -4.08. The van der Waals surface area contributed by atoms with Gasteiger partial charge in [-0.25, -0.2) is 0 Å². The van der Waals surface area contributed by atoms with E-state index in [4.69, 9.17) is 0 Å². The van der Waals surface area contributed by atoms with Crippen molar-refractivity contribution in [3.63, 3.8) is 0 Å². The number of fused-ring (bicyclic) bond motifs is 1. The Morgan fingerprint density at radius 3 is 2.53 bits per heavy atom. The fourth-order valence-electron chi connectivity index (χ4n) is 3.45. The van der Waals surface area contributed by atoms with Crippen LogP contribution in [-0.2, 0) is 13.5 Å². The summed E-state index contributed by atoms with van der Waals surface area (Å²) in [5, 5.41) is 11.2. The molecular weight excluding hydrogens is 449 g/mol. The molecule has 0 spiro atoms. The Balaban J connectivity index is 2.08. The molecule has 1 aromatic heterocycles.